The van der Waals surface area contributed by atoms with Gasteiger partial charge in [-0.2, -0.15) is 0 Å². The van der Waals surface area contributed by atoms with Gasteiger partial charge in [-0.1, -0.05) is 55.6 Å². The molecule has 1 fully saturated rings. The van der Waals surface area contributed by atoms with Crippen molar-refractivity contribution in [2.24, 2.45) is 5.92 Å². The molecule has 1 aliphatic rings. The minimum absolute atomic E-state index is 0.111. The number of benzene rings is 1. The molecule has 5 nitrogen and oxygen atoms in total. The summed E-state index contributed by atoms with van der Waals surface area (Å²) in [6.07, 6.45) is 7.42. The van der Waals surface area contributed by atoms with E-state index in [4.69, 9.17) is 0 Å². The van der Waals surface area contributed by atoms with Gasteiger partial charge >= 0.3 is 0 Å². The Morgan fingerprint density at radius 1 is 1.27 bits per heavy atom. The van der Waals surface area contributed by atoms with Crippen LogP contribution in [0.4, 0.5) is 4.39 Å². The molecular formula is C22H25FN4OS2. The Morgan fingerprint density at radius 2 is 2.07 bits per heavy atom. The summed E-state index contributed by atoms with van der Waals surface area (Å²) < 4.78 is 13.3. The van der Waals surface area contributed by atoms with Gasteiger partial charge < -0.3 is 5.32 Å². The third-order valence-electron chi connectivity index (χ3n) is 5.44. The molecule has 158 valence electrons. The number of nitrogens with zero attached hydrogens (tertiary/aromatic N) is 2. The molecule has 30 heavy (non-hydrogen) atoms. The van der Waals surface area contributed by atoms with Crippen molar-refractivity contribution >= 4 is 29.0 Å². The smallest absolute Gasteiger partial charge is 0.231 e. The van der Waals surface area contributed by atoms with Crippen LogP contribution in [0.2, 0.25) is 0 Å². The number of hydrogen-bond donors (Lipinski definition) is 2. The summed E-state index contributed by atoms with van der Waals surface area (Å²) in [5, 5.41) is 12.9. The summed E-state index contributed by atoms with van der Waals surface area (Å²) in [4.78, 5) is 18.1. The summed E-state index contributed by atoms with van der Waals surface area (Å²) in [5.74, 6) is 1.53. The Kier molecular flexibility index (Phi) is 7.17. The van der Waals surface area contributed by atoms with Crippen LogP contribution >= 0.6 is 23.1 Å². The molecule has 0 saturated heterocycles. The van der Waals surface area contributed by atoms with E-state index in [1.807, 2.05) is 17.5 Å². The molecule has 1 unspecified atom stereocenters. The number of hydrogen-bond acceptors (Lipinski definition) is 5. The van der Waals surface area contributed by atoms with Crippen molar-refractivity contribution in [2.75, 3.05) is 5.75 Å². The summed E-state index contributed by atoms with van der Waals surface area (Å²) in [6, 6.07) is 9.86. The molecule has 0 bridgehead atoms. The molecule has 2 N–H and O–H groups in total. The number of aryl methyl sites for hydroxylation is 1. The second-order valence-electron chi connectivity index (χ2n) is 7.61. The zero-order valence-electron chi connectivity index (χ0n) is 16.6. The quantitative estimate of drug-likeness (QED) is 0.449. The van der Waals surface area contributed by atoms with E-state index in [9.17, 15) is 9.18 Å². The number of rotatable bonds is 9. The van der Waals surface area contributed by atoms with E-state index in [-0.39, 0.29) is 23.5 Å². The predicted octanol–water partition coefficient (Wildman–Crippen LogP) is 5.13. The number of H-pyrrole nitrogens is 1. The molecular weight excluding hydrogens is 419 g/mol. The number of carbonyl (C=O) groups is 1. The Morgan fingerprint density at radius 3 is 2.80 bits per heavy atom. The predicted molar refractivity (Wildman–Crippen MR) is 118 cm³/mol. The number of amides is 1. The van der Waals surface area contributed by atoms with Crippen molar-refractivity contribution in [2.45, 2.75) is 49.7 Å². The lowest BCUT2D eigenvalue weighted by Gasteiger charge is -2.18. The molecule has 8 heteroatoms. The summed E-state index contributed by atoms with van der Waals surface area (Å²) in [5.41, 5.74) is 0.851. The van der Waals surface area contributed by atoms with Crippen molar-refractivity contribution in [3.8, 4) is 0 Å². The average Bonchev–Trinajstić information content (AvgIpc) is 3.53. The Hall–Kier alpha value is -2.19. The first-order valence-electron chi connectivity index (χ1n) is 10.3. The maximum Gasteiger partial charge on any atom is 0.231 e. The van der Waals surface area contributed by atoms with Gasteiger partial charge in [0.25, 0.3) is 0 Å². The van der Waals surface area contributed by atoms with Crippen LogP contribution in [0.1, 0.15) is 54.4 Å². The van der Waals surface area contributed by atoms with Gasteiger partial charge in [0.15, 0.2) is 0 Å². The summed E-state index contributed by atoms with van der Waals surface area (Å²) >= 11 is 2.88. The molecule has 0 spiro atoms. The van der Waals surface area contributed by atoms with E-state index >= 15 is 0 Å². The SMILES string of the molecule is O=C(CSc1n[nH]c(CCC2CCCC2)n1)NC(c1ccc(F)cc1)c1cccs1. The van der Waals surface area contributed by atoms with E-state index in [1.54, 1.807) is 23.5 Å². The monoisotopic (exact) mass is 444 g/mol. The molecule has 0 radical (unpaired) electrons. The number of thioether (sulfide) groups is 1. The topological polar surface area (TPSA) is 70.7 Å². The second-order valence-corrected chi connectivity index (χ2v) is 9.53. The molecule has 3 aromatic rings. The number of thiophene rings is 1. The van der Waals surface area contributed by atoms with E-state index in [0.717, 1.165) is 35.0 Å². The minimum Gasteiger partial charge on any atom is -0.344 e. The van der Waals surface area contributed by atoms with Crippen molar-refractivity contribution in [3.63, 3.8) is 0 Å². The molecule has 1 aliphatic carbocycles. The van der Waals surface area contributed by atoms with Crippen LogP contribution in [0, 0.1) is 11.7 Å². The normalized spacial score (nSPS) is 15.4. The number of nitrogens with one attached hydrogen (secondary N) is 2. The van der Waals surface area contributed by atoms with Crippen LogP contribution in [0.15, 0.2) is 46.9 Å². The molecule has 0 aliphatic heterocycles. The fourth-order valence-electron chi connectivity index (χ4n) is 3.86. The Labute approximate surface area is 183 Å². The van der Waals surface area contributed by atoms with Gasteiger partial charge in [0.05, 0.1) is 11.8 Å². The molecule has 4 rings (SSSR count). The van der Waals surface area contributed by atoms with Gasteiger partial charge in [0.1, 0.15) is 11.6 Å². The minimum atomic E-state index is -0.298. The average molecular weight is 445 g/mol. The Balaban J connectivity index is 1.31. The van der Waals surface area contributed by atoms with Gasteiger partial charge in [-0.05, 0) is 41.5 Å². The fourth-order valence-corrected chi connectivity index (χ4v) is 5.29. The van der Waals surface area contributed by atoms with Gasteiger partial charge in [-0.3, -0.25) is 9.89 Å². The van der Waals surface area contributed by atoms with Crippen LogP contribution < -0.4 is 5.32 Å². The molecule has 2 aromatic heterocycles. The Bertz CT molecular complexity index is 936. The molecule has 2 heterocycles. The number of carbonyl (C=O) groups excluding carboxylic acids is 1. The van der Waals surface area contributed by atoms with Crippen LogP contribution in [0.25, 0.3) is 0 Å². The number of aromatic nitrogens is 3. The van der Waals surface area contributed by atoms with Gasteiger partial charge in [-0.25, -0.2) is 9.37 Å². The molecule has 1 amide bonds. The molecule has 1 aromatic carbocycles. The zero-order chi connectivity index (χ0) is 20.8. The van der Waals surface area contributed by atoms with Crippen LogP contribution in [0.3, 0.4) is 0 Å². The maximum atomic E-state index is 13.3. The third kappa shape index (κ3) is 5.70. The summed E-state index contributed by atoms with van der Waals surface area (Å²) in [7, 11) is 0. The summed E-state index contributed by atoms with van der Waals surface area (Å²) in [6.45, 7) is 0. The highest BCUT2D eigenvalue weighted by Gasteiger charge is 2.19. The largest absolute Gasteiger partial charge is 0.344 e. The first-order valence-corrected chi connectivity index (χ1v) is 12.2. The molecule has 1 saturated carbocycles. The van der Waals surface area contributed by atoms with Crippen LogP contribution in [0.5, 0.6) is 0 Å². The van der Waals surface area contributed by atoms with E-state index < -0.39 is 0 Å². The van der Waals surface area contributed by atoms with Crippen LogP contribution in [-0.2, 0) is 11.2 Å². The lowest BCUT2D eigenvalue weighted by Crippen LogP contribution is -2.30. The van der Waals surface area contributed by atoms with Crippen molar-refractivity contribution in [1.29, 1.82) is 0 Å². The highest BCUT2D eigenvalue weighted by molar-refractivity contribution is 7.99. The van der Waals surface area contributed by atoms with E-state index in [0.29, 0.717) is 5.16 Å². The van der Waals surface area contributed by atoms with Crippen molar-refractivity contribution < 1.29 is 9.18 Å². The number of halogens is 1. The van der Waals surface area contributed by atoms with E-state index in [1.165, 1.54) is 49.6 Å². The van der Waals surface area contributed by atoms with Crippen LogP contribution in [-0.4, -0.2) is 26.8 Å². The highest BCUT2D eigenvalue weighted by atomic mass is 32.2. The fraction of sp³-hybridized carbons (Fsp3) is 0.409. The second kappa shape index (κ2) is 10.2. The first kappa shape index (κ1) is 21.1. The molecule has 1 atom stereocenters. The lowest BCUT2D eigenvalue weighted by molar-refractivity contribution is -0.119. The lowest BCUT2D eigenvalue weighted by atomic mass is 10.0. The third-order valence-corrected chi connectivity index (χ3v) is 7.23. The zero-order valence-corrected chi connectivity index (χ0v) is 18.3. The van der Waals surface area contributed by atoms with E-state index in [2.05, 4.69) is 20.5 Å². The van der Waals surface area contributed by atoms with Gasteiger partial charge in [0.2, 0.25) is 11.1 Å². The highest BCUT2D eigenvalue weighted by Crippen LogP contribution is 2.29. The maximum absolute atomic E-state index is 13.3. The van der Waals surface area contributed by atoms with Gasteiger partial charge in [-0.15, -0.1) is 16.4 Å². The number of aromatic amines is 1. The standard InChI is InChI=1S/C22H25FN4OS2/c23-17-10-8-16(9-11-17)21(18-6-3-13-29-18)25-20(28)14-30-22-24-19(26-27-22)12-7-15-4-1-2-5-15/h3,6,8-11,13,15,21H,1-2,4-5,7,12,14H2,(H,25,28)(H,24,26,27). The first-order chi connectivity index (χ1) is 14.7. The van der Waals surface area contributed by atoms with Crippen molar-refractivity contribution in [1.82, 2.24) is 20.5 Å². The van der Waals surface area contributed by atoms with Crippen molar-refractivity contribution in [3.05, 3.63) is 63.9 Å². The van der Waals surface area contributed by atoms with Gasteiger partial charge in [0, 0.05) is 11.3 Å².